The number of hydrogen-bond donors (Lipinski definition) is 1. The number of alkyl carbamates (subject to hydrolysis) is 1. The van der Waals surface area contributed by atoms with E-state index in [4.69, 9.17) is 0 Å². The van der Waals surface area contributed by atoms with Crippen LogP contribution in [0.3, 0.4) is 0 Å². The van der Waals surface area contributed by atoms with Crippen LogP contribution in [0.4, 0.5) is 50.4 Å². The van der Waals surface area contributed by atoms with Crippen molar-refractivity contribution in [2.24, 2.45) is 5.92 Å². The van der Waals surface area contributed by atoms with Gasteiger partial charge >= 0.3 is 24.5 Å². The van der Waals surface area contributed by atoms with Crippen LogP contribution in [0.15, 0.2) is 36.4 Å². The zero-order chi connectivity index (χ0) is 34.1. The number of benzene rings is 2. The molecule has 2 aromatic carbocycles. The molecule has 2 aromatic rings. The molecule has 4 rings (SSSR count). The molecule has 0 bridgehead atoms. The van der Waals surface area contributed by atoms with Gasteiger partial charge in [-0.2, -0.15) is 26.3 Å². The maximum Gasteiger partial charge on any atom is 0.416 e. The number of urea groups is 1. The molecule has 1 aliphatic carbocycles. The van der Waals surface area contributed by atoms with Crippen molar-refractivity contribution in [2.75, 3.05) is 39.2 Å². The lowest BCUT2D eigenvalue weighted by Gasteiger charge is -2.33. The number of halogens is 8. The third-order valence-corrected chi connectivity index (χ3v) is 8.60. The highest BCUT2D eigenvalue weighted by molar-refractivity contribution is 5.92. The van der Waals surface area contributed by atoms with E-state index in [1.165, 1.54) is 25.1 Å². The normalized spacial score (nSPS) is 21.9. The minimum Gasteiger partial charge on any atom is -0.453 e. The average Bonchev–Trinajstić information content (AvgIpc) is 3.45. The Labute approximate surface area is 259 Å². The van der Waals surface area contributed by atoms with Crippen molar-refractivity contribution in [2.45, 2.75) is 56.0 Å². The molecule has 8 nitrogen and oxygen atoms in total. The fraction of sp³-hybridized carbons (Fsp3) is 0.500. The number of likely N-dealkylation sites (N-methyl/N-ethyl adjacent to an activating group) is 1. The fourth-order valence-electron chi connectivity index (χ4n) is 6.02. The van der Waals surface area contributed by atoms with Crippen LogP contribution in [0.5, 0.6) is 0 Å². The summed E-state index contributed by atoms with van der Waals surface area (Å²) in [6, 6.07) is 1.80. The zero-order valence-electron chi connectivity index (χ0n) is 25.0. The predicted octanol–water partition coefficient (Wildman–Crippen LogP) is 6.40. The van der Waals surface area contributed by atoms with Gasteiger partial charge in [-0.25, -0.2) is 18.4 Å². The molecule has 1 N–H and O–H groups in total. The molecule has 2 atom stereocenters. The molecule has 1 saturated carbocycles. The summed E-state index contributed by atoms with van der Waals surface area (Å²) in [5.74, 6) is -3.78. The Hall–Kier alpha value is -4.11. The largest absolute Gasteiger partial charge is 0.453 e. The van der Waals surface area contributed by atoms with Crippen LogP contribution in [0.25, 0.3) is 0 Å². The number of likely N-dealkylation sites (tertiary alicyclic amines) is 1. The summed E-state index contributed by atoms with van der Waals surface area (Å²) >= 11 is 0. The third-order valence-electron chi connectivity index (χ3n) is 8.60. The van der Waals surface area contributed by atoms with Crippen molar-refractivity contribution in [3.63, 3.8) is 0 Å². The summed E-state index contributed by atoms with van der Waals surface area (Å²) in [5, 5.41) is 2.69. The van der Waals surface area contributed by atoms with Crippen molar-refractivity contribution in [3.8, 4) is 0 Å². The van der Waals surface area contributed by atoms with Gasteiger partial charge in [0.25, 0.3) is 0 Å². The number of anilines is 1. The number of amides is 4. The smallest absolute Gasteiger partial charge is 0.416 e. The van der Waals surface area contributed by atoms with E-state index in [0.717, 1.165) is 24.1 Å². The first-order valence-corrected chi connectivity index (χ1v) is 14.3. The number of alkyl halides is 6. The van der Waals surface area contributed by atoms with Crippen LogP contribution in [0.1, 0.15) is 48.3 Å². The van der Waals surface area contributed by atoms with E-state index in [1.807, 2.05) is 0 Å². The molecule has 1 saturated heterocycles. The molecule has 46 heavy (non-hydrogen) atoms. The highest BCUT2D eigenvalue weighted by atomic mass is 19.4. The highest BCUT2D eigenvalue weighted by Crippen LogP contribution is 2.39. The van der Waals surface area contributed by atoms with Crippen molar-refractivity contribution in [1.82, 2.24) is 15.1 Å². The van der Waals surface area contributed by atoms with Gasteiger partial charge in [-0.1, -0.05) is 6.07 Å². The van der Waals surface area contributed by atoms with E-state index >= 15 is 0 Å². The number of methoxy groups -OCH3 is 1. The van der Waals surface area contributed by atoms with Crippen LogP contribution >= 0.6 is 0 Å². The Morgan fingerprint density at radius 3 is 1.96 bits per heavy atom. The number of ether oxygens (including phenoxy) is 1. The Bertz CT molecular complexity index is 1430. The van der Waals surface area contributed by atoms with Gasteiger partial charge in [0, 0.05) is 50.7 Å². The van der Waals surface area contributed by atoms with E-state index in [2.05, 4.69) is 10.1 Å². The van der Waals surface area contributed by atoms with Crippen molar-refractivity contribution < 1.29 is 54.2 Å². The van der Waals surface area contributed by atoms with Gasteiger partial charge in [0.2, 0.25) is 5.91 Å². The van der Waals surface area contributed by atoms with Gasteiger partial charge in [-0.3, -0.25) is 9.69 Å². The summed E-state index contributed by atoms with van der Waals surface area (Å²) in [6.45, 7) is -0.104. The number of rotatable bonds is 5. The van der Waals surface area contributed by atoms with Gasteiger partial charge in [0.05, 0.1) is 24.3 Å². The first-order valence-electron chi connectivity index (χ1n) is 14.3. The highest BCUT2D eigenvalue weighted by Gasteiger charge is 2.44. The molecule has 16 heteroatoms. The Kier molecular flexibility index (Phi) is 10.1. The van der Waals surface area contributed by atoms with Gasteiger partial charge in [-0.15, -0.1) is 0 Å². The summed E-state index contributed by atoms with van der Waals surface area (Å²) in [6.07, 6.45) is -9.01. The molecule has 1 aliphatic heterocycles. The van der Waals surface area contributed by atoms with Crippen molar-refractivity contribution in [3.05, 3.63) is 64.7 Å². The molecule has 2 aliphatic rings. The standard InChI is InChI=1S/C30H32F8N4O4/c1-40(21-12-18(29(33,34)35)11-19(13-21)30(36,37)38)28(45)41(2)25-15-42(14-22(25)17-6-9-23(31)24(32)10-17)26(43)16-4-7-20(8-5-16)39-27(44)46-3/h6,9-13,16,20,22,25H,4-5,7-8,14-15H2,1-3H3,(H,39,44)/t16-,20-,22-,25+/m0/s1. The van der Waals surface area contributed by atoms with Crippen molar-refractivity contribution in [1.29, 1.82) is 0 Å². The SMILES string of the molecule is COC(=O)N[C@H]1CC[C@H](C(=O)N2C[C@@H](N(C)C(=O)N(C)c3cc(C(F)(F)F)cc(C(F)(F)F)c3)[C@H](c3ccc(F)c(F)c3)C2)CC1. The zero-order valence-corrected chi connectivity index (χ0v) is 25.0. The van der Waals surface area contributed by atoms with Gasteiger partial charge < -0.3 is 19.9 Å². The number of nitrogens with one attached hydrogen (secondary N) is 1. The monoisotopic (exact) mass is 664 g/mol. The second kappa shape index (κ2) is 13.3. The molecule has 1 heterocycles. The molecule has 4 amide bonds. The van der Waals surface area contributed by atoms with E-state index in [9.17, 15) is 49.5 Å². The number of carbonyl (C=O) groups excluding carboxylic acids is 3. The maximum atomic E-state index is 14.3. The van der Waals surface area contributed by atoms with Gasteiger partial charge in [0.1, 0.15) is 0 Å². The third kappa shape index (κ3) is 7.64. The minimum absolute atomic E-state index is 0.0158. The summed E-state index contributed by atoms with van der Waals surface area (Å²) in [4.78, 5) is 41.9. The molecule has 2 fully saturated rings. The van der Waals surface area contributed by atoms with Crippen LogP contribution in [0.2, 0.25) is 0 Å². The lowest BCUT2D eigenvalue weighted by atomic mass is 9.85. The predicted molar refractivity (Wildman–Crippen MR) is 149 cm³/mol. The van der Waals surface area contributed by atoms with E-state index in [-0.39, 0.29) is 36.7 Å². The molecular formula is C30H32F8N4O4. The molecule has 0 radical (unpaired) electrons. The lowest BCUT2D eigenvalue weighted by Crippen LogP contribution is -2.48. The number of nitrogens with zero attached hydrogens (tertiary/aromatic N) is 3. The lowest BCUT2D eigenvalue weighted by molar-refractivity contribution is -0.143. The van der Waals surface area contributed by atoms with E-state index < -0.39 is 70.8 Å². The summed E-state index contributed by atoms with van der Waals surface area (Å²) in [7, 11) is 3.52. The second-order valence-electron chi connectivity index (χ2n) is 11.5. The average molecular weight is 665 g/mol. The van der Waals surface area contributed by atoms with Gasteiger partial charge in [0.15, 0.2) is 11.6 Å². The first kappa shape index (κ1) is 34.8. The van der Waals surface area contributed by atoms with Crippen molar-refractivity contribution >= 4 is 23.7 Å². The number of hydrogen-bond acceptors (Lipinski definition) is 4. The summed E-state index contributed by atoms with van der Waals surface area (Å²) in [5.41, 5.74) is -3.64. The summed E-state index contributed by atoms with van der Waals surface area (Å²) < 4.78 is 113. The molecule has 0 unspecified atom stereocenters. The second-order valence-corrected chi connectivity index (χ2v) is 11.5. The van der Waals surface area contributed by atoms with Crippen LogP contribution < -0.4 is 10.2 Å². The number of carbonyl (C=O) groups is 3. The van der Waals surface area contributed by atoms with Gasteiger partial charge in [-0.05, 0) is 61.6 Å². The fourth-order valence-corrected chi connectivity index (χ4v) is 6.02. The molecule has 252 valence electrons. The van der Waals surface area contributed by atoms with E-state index in [0.29, 0.717) is 42.7 Å². The van der Waals surface area contributed by atoms with Crippen LogP contribution in [-0.4, -0.2) is 74.2 Å². The molecular weight excluding hydrogens is 632 g/mol. The van der Waals surface area contributed by atoms with Crippen LogP contribution in [-0.2, 0) is 21.9 Å². The molecule has 0 spiro atoms. The first-order chi connectivity index (χ1) is 21.4. The minimum atomic E-state index is -5.13. The van der Waals surface area contributed by atoms with Crippen LogP contribution in [0, 0.1) is 17.6 Å². The maximum absolute atomic E-state index is 14.3. The van der Waals surface area contributed by atoms with E-state index in [1.54, 1.807) is 0 Å². The Morgan fingerprint density at radius 2 is 1.43 bits per heavy atom. The Morgan fingerprint density at radius 1 is 0.848 bits per heavy atom. The molecule has 0 aromatic heterocycles. The Balaban J connectivity index is 1.59. The quantitative estimate of drug-likeness (QED) is 0.376. The topological polar surface area (TPSA) is 82.2 Å².